The molecule has 0 spiro atoms. The van der Waals surface area contributed by atoms with E-state index in [0.717, 1.165) is 16.3 Å². The van der Waals surface area contributed by atoms with Gasteiger partial charge in [-0.1, -0.05) is 65.0 Å². The zero-order chi connectivity index (χ0) is 18.3. The monoisotopic (exact) mass is 420 g/mol. The molecule has 0 aromatic heterocycles. The van der Waals surface area contributed by atoms with Crippen molar-refractivity contribution in [2.75, 3.05) is 0 Å². The molecule has 6 heteroatoms. The zero-order valence-corrected chi connectivity index (χ0v) is 16.8. The van der Waals surface area contributed by atoms with E-state index in [4.69, 9.17) is 0 Å². The molecule has 0 fully saturated rings. The lowest BCUT2D eigenvalue weighted by atomic mass is 9.90. The fourth-order valence-electron chi connectivity index (χ4n) is 3.14. The van der Waals surface area contributed by atoms with Gasteiger partial charge in [0.2, 0.25) is 0 Å². The van der Waals surface area contributed by atoms with Crippen LogP contribution in [-0.2, 0) is 0 Å². The Hall–Kier alpha value is -0.883. The Bertz CT molecular complexity index is 685. The molecule has 0 heterocycles. The molecule has 0 saturated heterocycles. The molecule has 132 valence electrons. The zero-order valence-electron chi connectivity index (χ0n) is 14.2. The van der Waals surface area contributed by atoms with E-state index in [-0.39, 0.29) is 6.42 Å². The second kappa shape index (κ2) is 6.45. The van der Waals surface area contributed by atoms with Crippen molar-refractivity contribution in [3.8, 4) is 0 Å². The van der Waals surface area contributed by atoms with Crippen LogP contribution >= 0.6 is 15.9 Å². The summed E-state index contributed by atoms with van der Waals surface area (Å²) in [4.78, 5) is -4.26. The lowest BCUT2D eigenvalue weighted by Gasteiger charge is -2.37. The van der Waals surface area contributed by atoms with Crippen LogP contribution in [-0.4, -0.2) is 18.8 Å². The number of halogens is 5. The Morgan fingerprint density at radius 1 is 0.917 bits per heavy atom. The SMILES string of the molecule is CC1=C(C)CC([Si](C)(C)c2ccccc2)=C(C(F)(F)C(F)(F)Br)C1. The summed E-state index contributed by atoms with van der Waals surface area (Å²) in [5, 5.41) is 1.49. The minimum absolute atomic E-state index is 0.0986. The Labute approximate surface area is 149 Å². The van der Waals surface area contributed by atoms with Crippen LogP contribution in [0.5, 0.6) is 0 Å². The number of alkyl halides is 5. The number of benzene rings is 1. The molecule has 0 aliphatic heterocycles. The van der Waals surface area contributed by atoms with Crippen LogP contribution in [0.15, 0.2) is 52.2 Å². The second-order valence-electron chi connectivity index (χ2n) is 6.93. The molecule has 0 saturated carbocycles. The smallest absolute Gasteiger partial charge is 0.194 e. The van der Waals surface area contributed by atoms with Gasteiger partial charge in [-0.2, -0.15) is 17.6 Å². The molecule has 24 heavy (non-hydrogen) atoms. The highest BCUT2D eigenvalue weighted by atomic mass is 79.9. The summed E-state index contributed by atoms with van der Waals surface area (Å²) in [7, 11) is -2.49. The topological polar surface area (TPSA) is 0 Å². The van der Waals surface area contributed by atoms with Crippen molar-refractivity contribution in [3.63, 3.8) is 0 Å². The van der Waals surface area contributed by atoms with E-state index in [9.17, 15) is 17.6 Å². The molecule has 1 aliphatic carbocycles. The van der Waals surface area contributed by atoms with Gasteiger partial charge in [-0.15, -0.1) is 0 Å². The van der Waals surface area contributed by atoms with Crippen molar-refractivity contribution in [2.24, 2.45) is 0 Å². The van der Waals surface area contributed by atoms with Gasteiger partial charge in [0, 0.05) is 5.57 Å². The molecule has 1 aliphatic rings. The molecule has 0 atom stereocenters. The van der Waals surface area contributed by atoms with Crippen LogP contribution in [0.4, 0.5) is 17.6 Å². The average molecular weight is 421 g/mol. The van der Waals surface area contributed by atoms with Crippen LogP contribution in [0.2, 0.25) is 13.1 Å². The fraction of sp³-hybridized carbons (Fsp3) is 0.444. The van der Waals surface area contributed by atoms with Gasteiger partial charge < -0.3 is 0 Å². The number of hydrogen-bond donors (Lipinski definition) is 0. The first-order valence-electron chi connectivity index (χ1n) is 7.77. The first-order chi connectivity index (χ1) is 10.9. The minimum Gasteiger partial charge on any atom is -0.194 e. The van der Waals surface area contributed by atoms with Crippen LogP contribution < -0.4 is 5.19 Å². The Kier molecular flexibility index (Phi) is 5.22. The van der Waals surface area contributed by atoms with E-state index >= 15 is 0 Å². The van der Waals surface area contributed by atoms with Gasteiger partial charge >= 0.3 is 10.8 Å². The van der Waals surface area contributed by atoms with Crippen LogP contribution in [0, 0.1) is 0 Å². The molecule has 0 nitrogen and oxygen atoms in total. The summed E-state index contributed by atoms with van der Waals surface area (Å²) >= 11 is 1.90. The molecule has 0 radical (unpaired) electrons. The lowest BCUT2D eigenvalue weighted by molar-refractivity contribution is -0.121. The van der Waals surface area contributed by atoms with Crippen molar-refractivity contribution in [1.29, 1.82) is 0 Å². The highest BCUT2D eigenvalue weighted by Crippen LogP contribution is 2.50. The van der Waals surface area contributed by atoms with Gasteiger partial charge in [0.05, 0.1) is 0 Å². The van der Waals surface area contributed by atoms with Crippen LogP contribution in [0.1, 0.15) is 26.7 Å². The van der Waals surface area contributed by atoms with Crippen LogP contribution in [0.3, 0.4) is 0 Å². The Balaban J connectivity index is 2.66. The first-order valence-corrected chi connectivity index (χ1v) is 11.6. The third-order valence-corrected chi connectivity index (χ3v) is 9.22. The van der Waals surface area contributed by atoms with Crippen molar-refractivity contribution in [2.45, 2.75) is 50.5 Å². The maximum Gasteiger partial charge on any atom is 0.367 e. The third-order valence-electron chi connectivity index (χ3n) is 4.96. The molecular formula is C18H21BrF4Si. The molecular weight excluding hydrogens is 400 g/mol. The molecule has 0 N–H and O–H groups in total. The van der Waals surface area contributed by atoms with Gasteiger partial charge in [0.25, 0.3) is 0 Å². The fourth-order valence-corrected chi connectivity index (χ4v) is 6.46. The van der Waals surface area contributed by atoms with E-state index in [2.05, 4.69) is 0 Å². The molecule has 2 rings (SSSR count). The minimum atomic E-state index is -4.26. The standard InChI is InChI=1S/C18H21BrF4Si/c1-12-10-15(17(20,21)18(19,22)23)16(11-13(12)2)24(3,4)14-8-6-5-7-9-14/h5-9H,10-11H2,1-4H3. The Morgan fingerprint density at radius 2 is 1.42 bits per heavy atom. The summed E-state index contributed by atoms with van der Waals surface area (Å²) < 4.78 is 56.3. The van der Waals surface area contributed by atoms with Crippen molar-refractivity contribution >= 4 is 29.2 Å². The maximum atomic E-state index is 14.6. The van der Waals surface area contributed by atoms with Gasteiger partial charge in [-0.25, -0.2) is 0 Å². The number of hydrogen-bond acceptors (Lipinski definition) is 0. The van der Waals surface area contributed by atoms with Crippen molar-refractivity contribution in [1.82, 2.24) is 0 Å². The summed E-state index contributed by atoms with van der Waals surface area (Å²) in [5.74, 6) is -4.21. The Morgan fingerprint density at radius 3 is 1.92 bits per heavy atom. The van der Waals surface area contributed by atoms with E-state index in [1.54, 1.807) is 6.92 Å². The van der Waals surface area contributed by atoms with Crippen molar-refractivity contribution in [3.05, 3.63) is 52.2 Å². The van der Waals surface area contributed by atoms with Gasteiger partial charge in [-0.3, -0.25) is 0 Å². The van der Waals surface area contributed by atoms with E-state index in [0.29, 0.717) is 11.6 Å². The highest BCUT2D eigenvalue weighted by Gasteiger charge is 2.58. The van der Waals surface area contributed by atoms with Crippen LogP contribution in [0.25, 0.3) is 0 Å². The summed E-state index contributed by atoms with van der Waals surface area (Å²) in [6.45, 7) is 7.54. The average Bonchev–Trinajstić information content (AvgIpc) is 2.49. The normalized spacial score (nSPS) is 17.5. The van der Waals surface area contributed by atoms with E-state index in [1.807, 2.05) is 66.3 Å². The van der Waals surface area contributed by atoms with Gasteiger partial charge in [0.1, 0.15) is 8.07 Å². The second-order valence-corrected chi connectivity index (χ2v) is 12.4. The largest absolute Gasteiger partial charge is 0.367 e. The summed E-state index contributed by atoms with van der Waals surface area (Å²) in [6.07, 6.45) is 0.243. The molecule has 0 unspecified atom stereocenters. The third kappa shape index (κ3) is 3.40. The lowest BCUT2D eigenvalue weighted by Crippen LogP contribution is -2.48. The number of rotatable bonds is 4. The first kappa shape index (κ1) is 19.4. The quantitative estimate of drug-likeness (QED) is 0.235. The summed E-state index contributed by atoms with van der Waals surface area (Å²) in [6, 6.07) is 9.39. The van der Waals surface area contributed by atoms with E-state index < -0.39 is 24.4 Å². The van der Waals surface area contributed by atoms with Crippen molar-refractivity contribution < 1.29 is 17.6 Å². The molecule has 0 bridgehead atoms. The van der Waals surface area contributed by atoms with E-state index in [1.165, 1.54) is 0 Å². The maximum absolute atomic E-state index is 14.6. The van der Waals surface area contributed by atoms with Gasteiger partial charge in [-0.05, 0) is 42.6 Å². The van der Waals surface area contributed by atoms with Gasteiger partial charge in [0.15, 0.2) is 0 Å². The predicted octanol–water partition coefficient (Wildman–Crippen LogP) is 6.19. The molecule has 0 amide bonds. The summed E-state index contributed by atoms with van der Waals surface area (Å²) in [5.41, 5.74) is 1.34. The predicted molar refractivity (Wildman–Crippen MR) is 97.0 cm³/mol. The molecule has 1 aromatic carbocycles. The molecule has 1 aromatic rings. The number of allylic oxidation sites excluding steroid dienone is 4. The highest BCUT2D eigenvalue weighted by molar-refractivity contribution is 9.10.